The molecule has 6 heterocycles. The summed E-state index contributed by atoms with van der Waals surface area (Å²) in [7, 11) is 0. The molecule has 0 unspecified atom stereocenters. The van der Waals surface area contributed by atoms with Gasteiger partial charge in [0.25, 0.3) is 0 Å². The number of oxazole rings is 1. The van der Waals surface area contributed by atoms with Crippen molar-refractivity contribution in [1.82, 2.24) is 34.9 Å². The van der Waals surface area contributed by atoms with Crippen LogP contribution in [0.2, 0.25) is 0 Å². The molecule has 0 bridgehead atoms. The fourth-order valence-corrected chi connectivity index (χ4v) is 3.84. The average molecular weight is 371 g/mol. The SMILES string of the molecule is c1cnc2nc(-c3cnc4nc(-c5cnc6nc[nH]c6c5)sc4c3)oc2c1. The highest BCUT2D eigenvalue weighted by molar-refractivity contribution is 7.21. The van der Waals surface area contributed by atoms with Crippen molar-refractivity contribution in [3.8, 4) is 22.0 Å². The lowest BCUT2D eigenvalue weighted by Gasteiger charge is -1.94. The van der Waals surface area contributed by atoms with Crippen LogP contribution in [0.15, 0.2) is 53.6 Å². The van der Waals surface area contributed by atoms with Crippen LogP contribution >= 0.6 is 11.3 Å². The number of pyridine rings is 3. The monoisotopic (exact) mass is 371 g/mol. The number of aromatic amines is 1. The molecule has 6 rings (SSSR count). The van der Waals surface area contributed by atoms with Gasteiger partial charge in [0.05, 0.1) is 22.1 Å². The maximum absolute atomic E-state index is 5.78. The average Bonchev–Trinajstić information content (AvgIpc) is 3.42. The van der Waals surface area contributed by atoms with E-state index < -0.39 is 0 Å². The van der Waals surface area contributed by atoms with Gasteiger partial charge >= 0.3 is 0 Å². The molecule has 0 aliphatic heterocycles. The van der Waals surface area contributed by atoms with Crippen molar-refractivity contribution in [3.05, 3.63) is 49.2 Å². The highest BCUT2D eigenvalue weighted by atomic mass is 32.1. The number of hydrogen-bond acceptors (Lipinski definition) is 8. The minimum absolute atomic E-state index is 0.494. The molecule has 0 aromatic carbocycles. The van der Waals surface area contributed by atoms with Crippen LogP contribution in [0.5, 0.6) is 0 Å². The first-order valence-electron chi connectivity index (χ1n) is 8.11. The van der Waals surface area contributed by atoms with Gasteiger partial charge < -0.3 is 9.40 Å². The van der Waals surface area contributed by atoms with E-state index in [1.165, 1.54) is 0 Å². The standard InChI is InChI=1S/C18H9N7OS/c1-2-12-15(19-3-1)24-17(26-12)9-5-13-16(21-6-9)25-18(27-13)10-4-11-14(20-7-10)23-8-22-11/h1-8H,(H,20,22,23). The smallest absolute Gasteiger partial charge is 0.230 e. The highest BCUT2D eigenvalue weighted by Crippen LogP contribution is 2.32. The third kappa shape index (κ3) is 2.29. The first kappa shape index (κ1) is 14.4. The van der Waals surface area contributed by atoms with Gasteiger partial charge in [0.15, 0.2) is 22.5 Å². The first-order valence-corrected chi connectivity index (χ1v) is 8.93. The Labute approximate surface area is 155 Å². The van der Waals surface area contributed by atoms with Gasteiger partial charge in [-0.3, -0.25) is 0 Å². The van der Waals surface area contributed by atoms with Crippen LogP contribution in [0.4, 0.5) is 0 Å². The van der Waals surface area contributed by atoms with Crippen LogP contribution in [0.25, 0.3) is 54.8 Å². The molecule has 1 N–H and O–H groups in total. The topological polar surface area (TPSA) is 106 Å². The molecule has 27 heavy (non-hydrogen) atoms. The molecule has 0 aliphatic rings. The van der Waals surface area contributed by atoms with E-state index in [0.717, 1.165) is 26.4 Å². The summed E-state index contributed by atoms with van der Waals surface area (Å²) >= 11 is 1.54. The number of rotatable bonds is 2. The van der Waals surface area contributed by atoms with Crippen LogP contribution < -0.4 is 0 Å². The Hall–Kier alpha value is -3.72. The number of nitrogens with zero attached hydrogens (tertiary/aromatic N) is 6. The Bertz CT molecular complexity index is 1420. The normalized spacial score (nSPS) is 11.7. The molecular formula is C18H9N7OS. The zero-order chi connectivity index (χ0) is 17.8. The zero-order valence-corrected chi connectivity index (χ0v) is 14.4. The highest BCUT2D eigenvalue weighted by Gasteiger charge is 2.13. The van der Waals surface area contributed by atoms with Crippen molar-refractivity contribution in [3.63, 3.8) is 0 Å². The maximum atomic E-state index is 5.78. The van der Waals surface area contributed by atoms with Crippen molar-refractivity contribution in [2.24, 2.45) is 0 Å². The van der Waals surface area contributed by atoms with Crippen molar-refractivity contribution < 1.29 is 4.42 Å². The second-order valence-electron chi connectivity index (χ2n) is 5.91. The van der Waals surface area contributed by atoms with E-state index in [0.29, 0.717) is 28.4 Å². The quantitative estimate of drug-likeness (QED) is 0.493. The van der Waals surface area contributed by atoms with E-state index in [1.807, 2.05) is 24.3 Å². The minimum Gasteiger partial charge on any atom is -0.434 e. The van der Waals surface area contributed by atoms with Crippen LogP contribution in [0, 0.1) is 0 Å². The molecule has 0 saturated carbocycles. The van der Waals surface area contributed by atoms with Crippen LogP contribution in [-0.2, 0) is 0 Å². The molecule has 6 aromatic heterocycles. The second-order valence-corrected chi connectivity index (χ2v) is 6.94. The van der Waals surface area contributed by atoms with Crippen molar-refractivity contribution in [2.75, 3.05) is 0 Å². The lowest BCUT2D eigenvalue weighted by molar-refractivity contribution is 0.619. The molecule has 8 nitrogen and oxygen atoms in total. The number of fused-ring (bicyclic) bond motifs is 3. The summed E-state index contributed by atoms with van der Waals surface area (Å²) in [5.41, 5.74) is 5.18. The molecule has 0 aliphatic carbocycles. The molecule has 128 valence electrons. The van der Waals surface area contributed by atoms with E-state index in [9.17, 15) is 0 Å². The van der Waals surface area contributed by atoms with Gasteiger partial charge in [-0.05, 0) is 24.3 Å². The summed E-state index contributed by atoms with van der Waals surface area (Å²) in [5.74, 6) is 0.494. The van der Waals surface area contributed by atoms with E-state index in [1.54, 1.807) is 36.3 Å². The van der Waals surface area contributed by atoms with Gasteiger partial charge in [-0.25, -0.2) is 24.9 Å². The molecule has 0 spiro atoms. The fourth-order valence-electron chi connectivity index (χ4n) is 2.90. The van der Waals surface area contributed by atoms with E-state index in [-0.39, 0.29) is 0 Å². The molecule has 0 amide bonds. The van der Waals surface area contributed by atoms with E-state index >= 15 is 0 Å². The third-order valence-electron chi connectivity index (χ3n) is 4.18. The van der Waals surface area contributed by atoms with Crippen LogP contribution in [-0.4, -0.2) is 34.9 Å². The lowest BCUT2D eigenvalue weighted by Crippen LogP contribution is -1.83. The fraction of sp³-hybridized carbons (Fsp3) is 0. The van der Waals surface area contributed by atoms with Crippen LogP contribution in [0.1, 0.15) is 0 Å². The van der Waals surface area contributed by atoms with Gasteiger partial charge in [0, 0.05) is 24.2 Å². The largest absolute Gasteiger partial charge is 0.434 e. The number of nitrogens with one attached hydrogen (secondary N) is 1. The number of thiazole rings is 1. The van der Waals surface area contributed by atoms with Crippen LogP contribution in [0.3, 0.4) is 0 Å². The predicted molar refractivity (Wildman–Crippen MR) is 101 cm³/mol. The molecule has 0 fully saturated rings. The number of H-pyrrole nitrogens is 1. The van der Waals surface area contributed by atoms with E-state index in [2.05, 4.69) is 34.9 Å². The maximum Gasteiger partial charge on any atom is 0.230 e. The Balaban J connectivity index is 1.46. The first-order chi connectivity index (χ1) is 13.3. The predicted octanol–water partition coefficient (Wildman–Crippen LogP) is 3.83. The van der Waals surface area contributed by atoms with Crippen molar-refractivity contribution >= 4 is 44.1 Å². The summed E-state index contributed by atoms with van der Waals surface area (Å²) in [6.07, 6.45) is 6.81. The molecule has 6 aromatic rings. The summed E-state index contributed by atoms with van der Waals surface area (Å²) in [4.78, 5) is 29.3. The third-order valence-corrected chi connectivity index (χ3v) is 5.22. The summed E-state index contributed by atoms with van der Waals surface area (Å²) < 4.78 is 6.73. The lowest BCUT2D eigenvalue weighted by atomic mass is 10.3. The van der Waals surface area contributed by atoms with Gasteiger partial charge in [-0.15, -0.1) is 11.3 Å². The molecular weight excluding hydrogens is 362 g/mol. The van der Waals surface area contributed by atoms with Gasteiger partial charge in [-0.2, -0.15) is 4.98 Å². The molecule has 9 heteroatoms. The Morgan fingerprint density at radius 1 is 0.889 bits per heavy atom. The Morgan fingerprint density at radius 2 is 1.81 bits per heavy atom. The summed E-state index contributed by atoms with van der Waals surface area (Å²) in [6.45, 7) is 0. The Morgan fingerprint density at radius 3 is 2.78 bits per heavy atom. The molecule has 0 atom stereocenters. The van der Waals surface area contributed by atoms with Gasteiger partial charge in [-0.1, -0.05) is 0 Å². The van der Waals surface area contributed by atoms with Gasteiger partial charge in [0.1, 0.15) is 5.01 Å². The summed E-state index contributed by atoms with van der Waals surface area (Å²) in [6, 6.07) is 7.63. The number of aromatic nitrogens is 7. The summed E-state index contributed by atoms with van der Waals surface area (Å²) in [5, 5.41) is 0.845. The van der Waals surface area contributed by atoms with Crippen molar-refractivity contribution in [2.45, 2.75) is 0 Å². The van der Waals surface area contributed by atoms with Gasteiger partial charge in [0.2, 0.25) is 5.89 Å². The number of hydrogen-bond donors (Lipinski definition) is 1. The molecule has 0 saturated heterocycles. The molecule has 0 radical (unpaired) electrons. The minimum atomic E-state index is 0.494. The number of imidazole rings is 1. The Kier molecular flexibility index (Phi) is 2.88. The second kappa shape index (κ2) is 5.39. The van der Waals surface area contributed by atoms with E-state index in [4.69, 9.17) is 4.42 Å². The van der Waals surface area contributed by atoms with Crippen molar-refractivity contribution in [1.29, 1.82) is 0 Å². The zero-order valence-electron chi connectivity index (χ0n) is 13.6.